The number of rotatable bonds is 4. The van der Waals surface area contributed by atoms with Gasteiger partial charge in [0.25, 0.3) is 5.91 Å². The van der Waals surface area contributed by atoms with Crippen molar-refractivity contribution in [1.82, 2.24) is 24.1 Å². The Balaban J connectivity index is 1.69. The number of pyridine rings is 2. The van der Waals surface area contributed by atoms with Crippen molar-refractivity contribution >= 4 is 11.6 Å². The lowest BCUT2D eigenvalue weighted by Crippen LogP contribution is -2.13. The van der Waals surface area contributed by atoms with Crippen molar-refractivity contribution in [1.29, 1.82) is 0 Å². The van der Waals surface area contributed by atoms with Crippen LogP contribution in [-0.2, 0) is 6.54 Å². The standard InChI is InChI=1S/C18H15FN6O/c1-11-7-15(17-14(18(20)26)3-2-6-21-17)23-25(11)10-13-9-24-8-12(19)4-5-16(24)22-13/h2-9H,10H2,1H3,(H2,20,26). The lowest BCUT2D eigenvalue weighted by atomic mass is 10.1. The number of primary amides is 1. The van der Waals surface area contributed by atoms with Crippen molar-refractivity contribution in [3.63, 3.8) is 0 Å². The normalized spacial score (nSPS) is 11.2. The van der Waals surface area contributed by atoms with E-state index in [0.717, 1.165) is 11.4 Å². The number of amides is 1. The fourth-order valence-electron chi connectivity index (χ4n) is 2.84. The molecule has 0 bridgehead atoms. The zero-order chi connectivity index (χ0) is 18.3. The van der Waals surface area contributed by atoms with E-state index in [4.69, 9.17) is 5.73 Å². The van der Waals surface area contributed by atoms with Gasteiger partial charge in [-0.25, -0.2) is 9.37 Å². The van der Waals surface area contributed by atoms with Gasteiger partial charge in [0.05, 0.1) is 17.8 Å². The summed E-state index contributed by atoms with van der Waals surface area (Å²) in [6, 6.07) is 8.10. The van der Waals surface area contributed by atoms with Crippen LogP contribution in [0.5, 0.6) is 0 Å². The highest BCUT2D eigenvalue weighted by Gasteiger charge is 2.15. The molecule has 0 aliphatic rings. The summed E-state index contributed by atoms with van der Waals surface area (Å²) in [7, 11) is 0. The summed E-state index contributed by atoms with van der Waals surface area (Å²) < 4.78 is 16.7. The zero-order valence-corrected chi connectivity index (χ0v) is 13.9. The van der Waals surface area contributed by atoms with E-state index in [0.29, 0.717) is 29.1 Å². The molecule has 4 heterocycles. The van der Waals surface area contributed by atoms with Crippen LogP contribution in [0.4, 0.5) is 4.39 Å². The summed E-state index contributed by atoms with van der Waals surface area (Å²) in [6.07, 6.45) is 4.72. The molecule has 8 heteroatoms. The van der Waals surface area contributed by atoms with Crippen LogP contribution in [0.1, 0.15) is 21.7 Å². The largest absolute Gasteiger partial charge is 0.366 e. The fourth-order valence-corrected chi connectivity index (χ4v) is 2.84. The van der Waals surface area contributed by atoms with Gasteiger partial charge < -0.3 is 10.1 Å². The third kappa shape index (κ3) is 2.81. The summed E-state index contributed by atoms with van der Waals surface area (Å²) in [5, 5.41) is 4.53. The molecule has 0 aromatic carbocycles. The van der Waals surface area contributed by atoms with Crippen molar-refractivity contribution in [2.24, 2.45) is 5.73 Å². The Morgan fingerprint density at radius 1 is 1.27 bits per heavy atom. The molecule has 4 aromatic heterocycles. The molecule has 0 atom stereocenters. The first-order valence-electron chi connectivity index (χ1n) is 7.94. The van der Waals surface area contributed by atoms with Crippen LogP contribution < -0.4 is 5.73 Å². The number of nitrogens with two attached hydrogens (primary N) is 1. The molecule has 0 spiro atoms. The summed E-state index contributed by atoms with van der Waals surface area (Å²) >= 11 is 0. The first kappa shape index (κ1) is 15.9. The van der Waals surface area contributed by atoms with Gasteiger partial charge in [0.1, 0.15) is 22.9 Å². The molecular formula is C18H15FN6O. The molecule has 1 amide bonds. The van der Waals surface area contributed by atoms with Gasteiger partial charge in [0.2, 0.25) is 0 Å². The number of carbonyl (C=O) groups excluding carboxylic acids is 1. The molecule has 0 saturated carbocycles. The van der Waals surface area contributed by atoms with Crippen molar-refractivity contribution in [2.75, 3.05) is 0 Å². The molecule has 0 unspecified atom stereocenters. The second-order valence-electron chi connectivity index (χ2n) is 5.94. The molecule has 4 aromatic rings. The Labute approximate surface area is 147 Å². The van der Waals surface area contributed by atoms with Gasteiger partial charge in [0.15, 0.2) is 0 Å². The second kappa shape index (κ2) is 6.07. The van der Waals surface area contributed by atoms with Gasteiger partial charge >= 0.3 is 0 Å². The maximum absolute atomic E-state index is 13.3. The summed E-state index contributed by atoms with van der Waals surface area (Å²) in [5.74, 6) is -0.879. The minimum absolute atomic E-state index is 0.320. The molecule has 4 rings (SSSR count). The highest BCUT2D eigenvalue weighted by molar-refractivity contribution is 5.98. The molecule has 7 nitrogen and oxygen atoms in total. The van der Waals surface area contributed by atoms with Gasteiger partial charge in [-0.05, 0) is 37.3 Å². The molecular weight excluding hydrogens is 335 g/mol. The fraction of sp³-hybridized carbons (Fsp3) is 0.111. The topological polar surface area (TPSA) is 91.1 Å². The Morgan fingerprint density at radius 3 is 2.92 bits per heavy atom. The quantitative estimate of drug-likeness (QED) is 0.611. The number of aryl methyl sites for hydroxylation is 1. The number of halogens is 1. The van der Waals surface area contributed by atoms with Crippen LogP contribution in [0.2, 0.25) is 0 Å². The maximum atomic E-state index is 13.3. The highest BCUT2D eigenvalue weighted by atomic mass is 19.1. The number of aromatic nitrogens is 5. The summed E-state index contributed by atoms with van der Waals surface area (Å²) in [4.78, 5) is 20.3. The van der Waals surface area contributed by atoms with Gasteiger partial charge in [-0.1, -0.05) is 0 Å². The van der Waals surface area contributed by atoms with E-state index in [1.165, 1.54) is 12.3 Å². The van der Waals surface area contributed by atoms with E-state index in [1.807, 2.05) is 13.0 Å². The lowest BCUT2D eigenvalue weighted by molar-refractivity contribution is 0.100. The highest BCUT2D eigenvalue weighted by Crippen LogP contribution is 2.21. The predicted octanol–water partition coefficient (Wildman–Crippen LogP) is 2.19. The van der Waals surface area contributed by atoms with Crippen LogP contribution in [0.25, 0.3) is 17.0 Å². The van der Waals surface area contributed by atoms with E-state index in [2.05, 4.69) is 15.1 Å². The predicted molar refractivity (Wildman–Crippen MR) is 93.0 cm³/mol. The van der Waals surface area contributed by atoms with Crippen LogP contribution in [0.15, 0.2) is 48.9 Å². The smallest absolute Gasteiger partial charge is 0.250 e. The molecule has 2 N–H and O–H groups in total. The Hall–Kier alpha value is -3.55. The first-order chi connectivity index (χ1) is 12.5. The van der Waals surface area contributed by atoms with Crippen LogP contribution >= 0.6 is 0 Å². The number of hydrogen-bond donors (Lipinski definition) is 1. The summed E-state index contributed by atoms with van der Waals surface area (Å²) in [6.45, 7) is 2.31. The SMILES string of the molecule is Cc1cc(-c2ncccc2C(N)=O)nn1Cc1cn2cc(F)ccc2n1. The van der Waals surface area contributed by atoms with Crippen LogP contribution in [0, 0.1) is 12.7 Å². The van der Waals surface area contributed by atoms with Crippen molar-refractivity contribution in [3.05, 3.63) is 71.7 Å². The first-order valence-corrected chi connectivity index (χ1v) is 7.94. The number of carbonyl (C=O) groups is 1. The number of imidazole rings is 1. The second-order valence-corrected chi connectivity index (χ2v) is 5.94. The third-order valence-electron chi connectivity index (χ3n) is 4.07. The van der Waals surface area contributed by atoms with Crippen molar-refractivity contribution in [3.8, 4) is 11.4 Å². The van der Waals surface area contributed by atoms with E-state index < -0.39 is 5.91 Å². The molecule has 130 valence electrons. The maximum Gasteiger partial charge on any atom is 0.250 e. The minimum Gasteiger partial charge on any atom is -0.366 e. The van der Waals surface area contributed by atoms with Gasteiger partial charge in [-0.3, -0.25) is 14.5 Å². The Bertz CT molecular complexity index is 1130. The lowest BCUT2D eigenvalue weighted by Gasteiger charge is -2.02. The summed E-state index contributed by atoms with van der Waals surface area (Å²) in [5.41, 5.74) is 9.02. The van der Waals surface area contributed by atoms with E-state index in [9.17, 15) is 9.18 Å². The van der Waals surface area contributed by atoms with E-state index in [-0.39, 0.29) is 5.82 Å². The molecule has 0 radical (unpaired) electrons. The van der Waals surface area contributed by atoms with Gasteiger partial charge in [0, 0.05) is 24.3 Å². The Morgan fingerprint density at radius 2 is 2.12 bits per heavy atom. The van der Waals surface area contributed by atoms with Gasteiger partial charge in [-0.2, -0.15) is 5.10 Å². The van der Waals surface area contributed by atoms with Crippen molar-refractivity contribution in [2.45, 2.75) is 13.5 Å². The number of fused-ring (bicyclic) bond motifs is 1. The average Bonchev–Trinajstić information content (AvgIpc) is 3.18. The van der Waals surface area contributed by atoms with E-state index in [1.54, 1.807) is 39.7 Å². The van der Waals surface area contributed by atoms with Crippen LogP contribution in [0.3, 0.4) is 0 Å². The minimum atomic E-state index is -0.553. The molecule has 0 aliphatic carbocycles. The van der Waals surface area contributed by atoms with E-state index >= 15 is 0 Å². The average molecular weight is 350 g/mol. The van der Waals surface area contributed by atoms with Crippen LogP contribution in [-0.4, -0.2) is 30.1 Å². The number of hydrogen-bond acceptors (Lipinski definition) is 4. The number of nitrogens with zero attached hydrogens (tertiary/aromatic N) is 5. The Kier molecular flexibility index (Phi) is 3.72. The van der Waals surface area contributed by atoms with Crippen molar-refractivity contribution < 1.29 is 9.18 Å². The zero-order valence-electron chi connectivity index (χ0n) is 13.9. The van der Waals surface area contributed by atoms with Gasteiger partial charge in [-0.15, -0.1) is 0 Å². The molecule has 26 heavy (non-hydrogen) atoms. The molecule has 0 fully saturated rings. The third-order valence-corrected chi connectivity index (χ3v) is 4.07. The monoisotopic (exact) mass is 350 g/mol. The molecule has 0 aliphatic heterocycles. The molecule has 0 saturated heterocycles.